The van der Waals surface area contributed by atoms with Crippen molar-refractivity contribution in [3.05, 3.63) is 53.6 Å². The van der Waals surface area contributed by atoms with Gasteiger partial charge >= 0.3 is 18.2 Å². The van der Waals surface area contributed by atoms with Crippen LogP contribution in [0.4, 0.5) is 18.0 Å². The average Bonchev–Trinajstić information content (AvgIpc) is 3.71. The van der Waals surface area contributed by atoms with E-state index in [4.69, 9.17) is 9.47 Å². The average molecular weight is 804 g/mol. The Morgan fingerprint density at radius 2 is 1.88 bits per heavy atom. The van der Waals surface area contributed by atoms with Crippen LogP contribution >= 0.6 is 11.5 Å². The summed E-state index contributed by atoms with van der Waals surface area (Å²) in [5, 5.41) is 24.5. The number of alkyl carbamates (subject to hydrolysis) is 1. The van der Waals surface area contributed by atoms with Crippen molar-refractivity contribution in [2.75, 3.05) is 20.3 Å². The standard InChI is InChI=1S/C38H48F3N7O7S/c1-21(54-7)30-23(10-8-14-42-30)31-25(18-37(5,6)20-49)24-16-22(12-13-28(24)47(31)19-38(39,40)41)32-44-29(46-56-32)17-27(43-35(53)55-36(2,3)4)33(50)48-15-9-11-26(45-48)34(51)52/h8,10,12-14,16,21,26-27,45,49H,9,11,15,17-20H2,1-7H3,(H,43,53)(H,51,52)/t21-,26?,27-/m0/s1. The molecule has 5 rings (SSSR count). The second-order valence-corrected chi connectivity index (χ2v) is 16.4. The van der Waals surface area contributed by atoms with Gasteiger partial charge in [0.05, 0.1) is 17.5 Å². The molecule has 4 aromatic rings. The van der Waals surface area contributed by atoms with Gasteiger partial charge in [-0.05, 0) is 99.8 Å². The number of pyridine rings is 1. The topological polar surface area (TPSA) is 181 Å². The number of methoxy groups -OCH3 is 1. The number of ether oxygens (including phenoxy) is 2. The summed E-state index contributed by atoms with van der Waals surface area (Å²) < 4.78 is 59.7. The minimum atomic E-state index is -4.58. The van der Waals surface area contributed by atoms with E-state index in [1.165, 1.54) is 16.7 Å². The highest BCUT2D eigenvalue weighted by atomic mass is 32.1. The number of carboxylic acid groups (broad SMARTS) is 1. The molecule has 1 aromatic carbocycles. The van der Waals surface area contributed by atoms with Gasteiger partial charge in [-0.2, -0.15) is 17.5 Å². The fourth-order valence-electron chi connectivity index (χ4n) is 6.57. The van der Waals surface area contributed by atoms with E-state index in [1.807, 2.05) is 13.8 Å². The minimum absolute atomic E-state index is 0.170. The number of aliphatic hydroxyl groups excluding tert-OH is 1. The molecule has 0 aliphatic carbocycles. The lowest BCUT2D eigenvalue weighted by molar-refractivity contribution is -0.148. The molecule has 304 valence electrons. The maximum absolute atomic E-state index is 14.3. The fourth-order valence-corrected chi connectivity index (χ4v) is 7.26. The van der Waals surface area contributed by atoms with Gasteiger partial charge in [0, 0.05) is 54.9 Å². The largest absolute Gasteiger partial charge is 0.480 e. The number of benzene rings is 1. The van der Waals surface area contributed by atoms with Gasteiger partial charge in [0.25, 0.3) is 5.91 Å². The van der Waals surface area contributed by atoms with E-state index < -0.39 is 59.9 Å². The van der Waals surface area contributed by atoms with Crippen molar-refractivity contribution < 1.29 is 47.2 Å². The number of rotatable bonds is 13. The van der Waals surface area contributed by atoms with Crippen LogP contribution in [-0.2, 0) is 38.4 Å². The third kappa shape index (κ3) is 10.2. The number of amides is 2. The minimum Gasteiger partial charge on any atom is -0.480 e. The quantitative estimate of drug-likeness (QED) is 0.123. The monoisotopic (exact) mass is 803 g/mol. The molecule has 1 unspecified atom stereocenters. The number of hydrazine groups is 1. The summed E-state index contributed by atoms with van der Waals surface area (Å²) in [4.78, 5) is 47.4. The number of nitrogens with zero attached hydrogens (tertiary/aromatic N) is 5. The summed E-state index contributed by atoms with van der Waals surface area (Å²) >= 11 is 1.01. The van der Waals surface area contributed by atoms with Crippen molar-refractivity contribution >= 4 is 40.4 Å². The van der Waals surface area contributed by atoms with Crippen LogP contribution in [0.5, 0.6) is 0 Å². The van der Waals surface area contributed by atoms with E-state index in [0.29, 0.717) is 56.8 Å². The molecule has 2 amide bonds. The van der Waals surface area contributed by atoms with Crippen molar-refractivity contribution in [2.24, 2.45) is 5.41 Å². The van der Waals surface area contributed by atoms with Crippen LogP contribution in [0.25, 0.3) is 32.7 Å². The van der Waals surface area contributed by atoms with Crippen LogP contribution in [0.3, 0.4) is 0 Å². The zero-order chi connectivity index (χ0) is 41.2. The van der Waals surface area contributed by atoms with Gasteiger partial charge in [-0.3, -0.25) is 19.6 Å². The maximum atomic E-state index is 14.3. The van der Waals surface area contributed by atoms with Gasteiger partial charge < -0.3 is 29.6 Å². The fraction of sp³-hybridized carbons (Fsp3) is 0.526. The molecule has 4 heterocycles. The van der Waals surface area contributed by atoms with Crippen molar-refractivity contribution in [3.8, 4) is 21.8 Å². The number of fused-ring (bicyclic) bond motifs is 1. The van der Waals surface area contributed by atoms with Gasteiger partial charge in [-0.25, -0.2) is 15.2 Å². The Balaban J connectivity index is 1.59. The molecular weight excluding hydrogens is 756 g/mol. The molecule has 0 radical (unpaired) electrons. The molecule has 1 saturated heterocycles. The van der Waals surface area contributed by atoms with E-state index in [2.05, 4.69) is 25.1 Å². The number of nitrogens with one attached hydrogen (secondary N) is 2. The van der Waals surface area contributed by atoms with Gasteiger partial charge in [-0.15, -0.1) is 0 Å². The van der Waals surface area contributed by atoms with E-state index in [1.54, 1.807) is 64.2 Å². The second-order valence-electron chi connectivity index (χ2n) is 15.6. The second kappa shape index (κ2) is 16.8. The predicted molar refractivity (Wildman–Crippen MR) is 202 cm³/mol. The van der Waals surface area contributed by atoms with Gasteiger partial charge in [0.1, 0.15) is 35.1 Å². The molecule has 3 atom stereocenters. The molecule has 1 fully saturated rings. The summed E-state index contributed by atoms with van der Waals surface area (Å²) in [7, 11) is 1.50. The summed E-state index contributed by atoms with van der Waals surface area (Å²) in [6.45, 7) is 9.14. The summed E-state index contributed by atoms with van der Waals surface area (Å²) in [6.07, 6.45) is -3.63. The number of carboxylic acids is 1. The molecule has 56 heavy (non-hydrogen) atoms. The highest BCUT2D eigenvalue weighted by Crippen LogP contribution is 2.42. The molecular formula is C38H48F3N7O7S. The summed E-state index contributed by atoms with van der Waals surface area (Å²) in [6, 6.07) is 6.16. The first-order valence-corrected chi connectivity index (χ1v) is 18.9. The molecule has 1 aliphatic rings. The Hall–Kier alpha value is -4.65. The Morgan fingerprint density at radius 3 is 2.52 bits per heavy atom. The number of halogens is 3. The molecule has 4 N–H and O–H groups in total. The Kier molecular flexibility index (Phi) is 12.8. The van der Waals surface area contributed by atoms with Crippen LogP contribution in [-0.4, -0.2) is 96.2 Å². The number of carbonyl (C=O) groups is 3. The van der Waals surface area contributed by atoms with E-state index in [0.717, 1.165) is 11.5 Å². The lowest BCUT2D eigenvalue weighted by Gasteiger charge is -2.34. The molecule has 14 nitrogen and oxygen atoms in total. The van der Waals surface area contributed by atoms with E-state index >= 15 is 0 Å². The SMILES string of the molecule is CO[C@@H](C)c1ncccc1-c1c(CC(C)(C)CO)c2cc(-c3nc(C[C@H](NC(=O)OC(C)(C)C)C(=O)N4CCCC(C(=O)O)N4)ns3)ccc2n1CC(F)(F)F. The van der Waals surface area contributed by atoms with E-state index in [-0.39, 0.29) is 31.8 Å². The first-order chi connectivity index (χ1) is 26.2. The third-order valence-corrected chi connectivity index (χ3v) is 10.1. The van der Waals surface area contributed by atoms with Crippen molar-refractivity contribution in [1.82, 2.24) is 34.7 Å². The first-order valence-electron chi connectivity index (χ1n) is 18.1. The molecule has 0 bridgehead atoms. The third-order valence-electron chi connectivity index (χ3n) is 9.26. The first kappa shape index (κ1) is 42.5. The van der Waals surface area contributed by atoms with Crippen LogP contribution in [0, 0.1) is 5.41 Å². The maximum Gasteiger partial charge on any atom is 0.408 e. The van der Waals surface area contributed by atoms with Crippen LogP contribution < -0.4 is 10.7 Å². The van der Waals surface area contributed by atoms with Crippen molar-refractivity contribution in [1.29, 1.82) is 0 Å². The highest BCUT2D eigenvalue weighted by molar-refractivity contribution is 7.09. The van der Waals surface area contributed by atoms with Crippen LogP contribution in [0.1, 0.15) is 77.6 Å². The lowest BCUT2D eigenvalue weighted by atomic mass is 9.84. The number of hydrogen-bond donors (Lipinski definition) is 4. The number of alkyl halides is 3. The molecule has 18 heteroatoms. The molecule has 0 spiro atoms. The van der Waals surface area contributed by atoms with Gasteiger partial charge in [0.15, 0.2) is 0 Å². The number of hydrogen-bond acceptors (Lipinski definition) is 11. The van der Waals surface area contributed by atoms with Gasteiger partial charge in [-0.1, -0.05) is 13.8 Å². The zero-order valence-electron chi connectivity index (χ0n) is 32.4. The Bertz CT molecular complexity index is 2060. The number of carbonyl (C=O) groups excluding carboxylic acids is 2. The van der Waals surface area contributed by atoms with Gasteiger partial charge in [0.2, 0.25) is 0 Å². The lowest BCUT2D eigenvalue weighted by Crippen LogP contribution is -2.60. The highest BCUT2D eigenvalue weighted by Gasteiger charge is 2.36. The molecule has 1 aliphatic heterocycles. The molecule has 0 saturated carbocycles. The number of aromatic nitrogens is 4. The van der Waals surface area contributed by atoms with Crippen LogP contribution in [0.15, 0.2) is 36.5 Å². The number of aliphatic hydroxyl groups is 1. The number of aliphatic carboxylic acids is 1. The Morgan fingerprint density at radius 1 is 1.14 bits per heavy atom. The normalized spacial score (nSPS) is 16.5. The zero-order valence-corrected chi connectivity index (χ0v) is 33.2. The van der Waals surface area contributed by atoms with Crippen molar-refractivity contribution in [3.63, 3.8) is 0 Å². The summed E-state index contributed by atoms with van der Waals surface area (Å²) in [5.41, 5.74) is 3.80. The van der Waals surface area contributed by atoms with E-state index in [9.17, 15) is 37.8 Å². The predicted octanol–water partition coefficient (Wildman–Crippen LogP) is 6.07. The Labute approximate surface area is 326 Å². The van der Waals surface area contributed by atoms with Crippen LogP contribution in [0.2, 0.25) is 0 Å². The smallest absolute Gasteiger partial charge is 0.408 e. The molecule has 3 aromatic heterocycles. The van der Waals surface area contributed by atoms with Crippen molar-refractivity contribution in [2.45, 2.75) is 104 Å². The summed E-state index contributed by atoms with van der Waals surface area (Å²) in [5.74, 6) is -1.53.